The highest BCUT2D eigenvalue weighted by atomic mass is 79.9. The minimum absolute atomic E-state index is 0. The average Bonchev–Trinajstić information content (AvgIpc) is 3.03. The van der Waals surface area contributed by atoms with Gasteiger partial charge in [-0.1, -0.05) is 24.3 Å². The summed E-state index contributed by atoms with van der Waals surface area (Å²) in [5.41, 5.74) is 2.61. The summed E-state index contributed by atoms with van der Waals surface area (Å²) in [5, 5.41) is 12.0. The smallest absolute Gasteiger partial charge is 0.338 e. The number of tetrazole rings is 1. The number of esters is 1. The lowest BCUT2D eigenvalue weighted by molar-refractivity contribution is -0.688. The second-order valence-electron chi connectivity index (χ2n) is 5.28. The molecule has 0 radical (unpaired) electrons. The highest BCUT2D eigenvalue weighted by Crippen LogP contribution is 2.14. The molecule has 0 N–H and O–H groups in total. The molecule has 8 heteroatoms. The lowest BCUT2D eigenvalue weighted by Crippen LogP contribution is -3.00. The van der Waals surface area contributed by atoms with E-state index in [1.807, 2.05) is 41.2 Å². The van der Waals surface area contributed by atoms with Gasteiger partial charge in [0.15, 0.2) is 18.9 Å². The van der Waals surface area contributed by atoms with Gasteiger partial charge in [-0.3, -0.25) is 0 Å². The summed E-state index contributed by atoms with van der Waals surface area (Å²) < 4.78 is 6.97. The summed E-state index contributed by atoms with van der Waals surface area (Å²) in [4.78, 5) is 13.1. The van der Waals surface area contributed by atoms with Crippen molar-refractivity contribution in [2.24, 2.45) is 7.05 Å². The van der Waals surface area contributed by atoms with Crippen LogP contribution in [0.5, 0.6) is 0 Å². The van der Waals surface area contributed by atoms with Crippen molar-refractivity contribution < 1.29 is 31.1 Å². The molecule has 0 aliphatic rings. The van der Waals surface area contributed by atoms with Crippen LogP contribution in [-0.4, -0.2) is 32.8 Å². The fraction of sp³-hybridized carbons (Fsp3) is 0.235. The maximum atomic E-state index is 11.6. The third kappa shape index (κ3) is 4.69. The van der Waals surface area contributed by atoms with Gasteiger partial charge in [0, 0.05) is 23.3 Å². The van der Waals surface area contributed by atoms with Gasteiger partial charge in [-0.25, -0.2) is 9.36 Å². The van der Waals surface area contributed by atoms with Crippen LogP contribution in [0.3, 0.4) is 0 Å². The Hall–Kier alpha value is -2.61. The van der Waals surface area contributed by atoms with E-state index in [-0.39, 0.29) is 23.0 Å². The van der Waals surface area contributed by atoms with Gasteiger partial charge in [-0.2, -0.15) is 4.80 Å². The summed E-state index contributed by atoms with van der Waals surface area (Å²) in [6.07, 6.45) is 3.73. The number of carbonyl (C=O) groups excluding carboxylic acids is 1. The molecule has 0 fully saturated rings. The molecule has 3 aromatic rings. The van der Waals surface area contributed by atoms with Crippen LogP contribution in [-0.2, 0) is 18.3 Å². The van der Waals surface area contributed by atoms with Gasteiger partial charge < -0.3 is 21.7 Å². The normalized spacial score (nSPS) is 10.2. The van der Waals surface area contributed by atoms with Gasteiger partial charge in [0.05, 0.1) is 19.2 Å². The second kappa shape index (κ2) is 8.48. The molecular formula is C17H18BrN5O2. The quantitative estimate of drug-likeness (QED) is 0.378. The summed E-state index contributed by atoms with van der Waals surface area (Å²) in [5.74, 6) is 0.306. The monoisotopic (exact) mass is 403 g/mol. The van der Waals surface area contributed by atoms with Gasteiger partial charge >= 0.3 is 5.97 Å². The van der Waals surface area contributed by atoms with Crippen molar-refractivity contribution in [3.8, 4) is 11.4 Å². The fourth-order valence-corrected chi connectivity index (χ4v) is 2.28. The second-order valence-corrected chi connectivity index (χ2v) is 5.28. The summed E-state index contributed by atoms with van der Waals surface area (Å²) in [6.45, 7) is 2.87. The average molecular weight is 404 g/mol. The highest BCUT2D eigenvalue weighted by Gasteiger charge is 2.10. The first kappa shape index (κ1) is 18.7. The number of halogens is 1. The van der Waals surface area contributed by atoms with E-state index in [1.54, 1.807) is 26.1 Å². The standard InChI is InChI=1S/C17H18N5O2.BrH/c1-3-24-17(23)15-8-10-22(11-9-15)12-13-4-6-14(7-5-13)16-18-20-21(2)19-16;/h4-11H,3,12H2,1-2H3;1H/q+1;/p-1. The molecule has 2 heterocycles. The largest absolute Gasteiger partial charge is 1.00 e. The number of carbonyl (C=O) groups is 1. The van der Waals surface area contributed by atoms with Gasteiger partial charge in [-0.15, -0.1) is 10.2 Å². The summed E-state index contributed by atoms with van der Waals surface area (Å²) in [6, 6.07) is 11.5. The lowest BCUT2D eigenvalue weighted by atomic mass is 10.1. The van der Waals surface area contributed by atoms with Crippen LogP contribution < -0.4 is 21.5 Å². The van der Waals surface area contributed by atoms with Crippen molar-refractivity contribution in [2.45, 2.75) is 13.5 Å². The van der Waals surface area contributed by atoms with Crippen LogP contribution in [0.15, 0.2) is 48.8 Å². The molecule has 0 aliphatic carbocycles. The number of rotatable bonds is 5. The highest BCUT2D eigenvalue weighted by molar-refractivity contribution is 5.88. The Bertz CT molecular complexity index is 831. The first-order chi connectivity index (χ1) is 11.7. The maximum absolute atomic E-state index is 11.6. The molecule has 0 saturated heterocycles. The van der Waals surface area contributed by atoms with Gasteiger partial charge in [0.1, 0.15) is 0 Å². The predicted octanol–water partition coefficient (Wildman–Crippen LogP) is -1.61. The molecule has 0 amide bonds. The molecule has 0 aliphatic heterocycles. The van der Waals surface area contributed by atoms with E-state index in [1.165, 1.54) is 4.80 Å². The molecule has 130 valence electrons. The Morgan fingerprint density at radius 3 is 2.40 bits per heavy atom. The lowest BCUT2D eigenvalue weighted by Gasteiger charge is -2.02. The molecule has 7 nitrogen and oxygen atoms in total. The number of nitrogens with zero attached hydrogens (tertiary/aromatic N) is 5. The molecule has 3 rings (SSSR count). The zero-order valence-corrected chi connectivity index (χ0v) is 15.5. The van der Waals surface area contributed by atoms with E-state index in [2.05, 4.69) is 15.4 Å². The molecule has 0 saturated carbocycles. The topological polar surface area (TPSA) is 73.8 Å². The van der Waals surface area contributed by atoms with Gasteiger partial charge in [0.2, 0.25) is 5.82 Å². The number of benzene rings is 1. The SMILES string of the molecule is CCOC(=O)c1cc[n+](Cc2ccc(-c3nnn(C)n3)cc2)cc1.[Br-]. The third-order valence-electron chi connectivity index (χ3n) is 3.49. The molecule has 0 bridgehead atoms. The van der Waals surface area contributed by atoms with Crippen LogP contribution in [0.4, 0.5) is 0 Å². The van der Waals surface area contributed by atoms with Crippen LogP contribution in [0, 0.1) is 0 Å². The molecule has 2 aromatic heterocycles. The molecular weight excluding hydrogens is 386 g/mol. The Morgan fingerprint density at radius 2 is 1.84 bits per heavy atom. The number of aryl methyl sites for hydroxylation is 1. The molecule has 0 atom stereocenters. The Kier molecular flexibility index (Phi) is 6.35. The van der Waals surface area contributed by atoms with E-state index >= 15 is 0 Å². The van der Waals surface area contributed by atoms with Crippen molar-refractivity contribution in [1.29, 1.82) is 0 Å². The number of hydrogen-bond acceptors (Lipinski definition) is 5. The first-order valence-electron chi connectivity index (χ1n) is 7.65. The number of pyridine rings is 1. The number of hydrogen-bond donors (Lipinski definition) is 0. The van der Waals surface area contributed by atoms with Crippen molar-refractivity contribution in [1.82, 2.24) is 20.2 Å². The minimum atomic E-state index is -0.300. The van der Waals surface area contributed by atoms with Crippen LogP contribution >= 0.6 is 0 Å². The van der Waals surface area contributed by atoms with Crippen molar-refractivity contribution in [2.75, 3.05) is 6.61 Å². The molecule has 0 spiro atoms. The van der Waals surface area contributed by atoms with E-state index < -0.39 is 0 Å². The van der Waals surface area contributed by atoms with E-state index in [4.69, 9.17) is 4.74 Å². The van der Waals surface area contributed by atoms with Crippen molar-refractivity contribution >= 4 is 5.97 Å². The number of aromatic nitrogens is 5. The van der Waals surface area contributed by atoms with Crippen molar-refractivity contribution in [3.63, 3.8) is 0 Å². The van der Waals surface area contributed by atoms with Gasteiger partial charge in [0.25, 0.3) is 0 Å². The van der Waals surface area contributed by atoms with Gasteiger partial charge in [-0.05, 0) is 12.1 Å². The zero-order valence-electron chi connectivity index (χ0n) is 14.0. The Labute approximate surface area is 156 Å². The van der Waals surface area contributed by atoms with E-state index in [0.29, 0.717) is 24.5 Å². The van der Waals surface area contributed by atoms with E-state index in [0.717, 1.165) is 11.1 Å². The Balaban J connectivity index is 0.00000225. The molecule has 1 aromatic carbocycles. The van der Waals surface area contributed by atoms with Crippen LogP contribution in [0.25, 0.3) is 11.4 Å². The van der Waals surface area contributed by atoms with Crippen LogP contribution in [0.1, 0.15) is 22.8 Å². The fourth-order valence-electron chi connectivity index (χ4n) is 2.28. The first-order valence-corrected chi connectivity index (χ1v) is 7.65. The molecule has 0 unspecified atom stereocenters. The maximum Gasteiger partial charge on any atom is 0.338 e. The number of ether oxygens (including phenoxy) is 1. The zero-order chi connectivity index (χ0) is 16.9. The van der Waals surface area contributed by atoms with E-state index in [9.17, 15) is 4.79 Å². The van der Waals surface area contributed by atoms with Crippen molar-refractivity contribution in [3.05, 3.63) is 59.9 Å². The molecule has 25 heavy (non-hydrogen) atoms. The Morgan fingerprint density at radius 1 is 1.16 bits per heavy atom. The summed E-state index contributed by atoms with van der Waals surface area (Å²) in [7, 11) is 1.74. The predicted molar refractivity (Wildman–Crippen MR) is 85.9 cm³/mol. The third-order valence-corrected chi connectivity index (χ3v) is 3.49. The minimum Gasteiger partial charge on any atom is -1.00 e. The summed E-state index contributed by atoms with van der Waals surface area (Å²) >= 11 is 0. The van der Waals surface area contributed by atoms with Crippen LogP contribution in [0.2, 0.25) is 0 Å².